The van der Waals surface area contributed by atoms with Gasteiger partial charge in [0.2, 0.25) is 5.91 Å². The Hall–Kier alpha value is -1.35. The third-order valence-electron chi connectivity index (χ3n) is 7.02. The van der Waals surface area contributed by atoms with E-state index in [4.69, 9.17) is 21.1 Å². The summed E-state index contributed by atoms with van der Waals surface area (Å²) in [6, 6.07) is 2.59. The van der Waals surface area contributed by atoms with E-state index in [-0.39, 0.29) is 23.1 Å². The fourth-order valence-corrected chi connectivity index (χ4v) is 6.17. The molecule has 1 N–H and O–H groups in total. The highest BCUT2D eigenvalue weighted by Crippen LogP contribution is 2.65. The van der Waals surface area contributed by atoms with E-state index in [0.29, 0.717) is 19.4 Å². The van der Waals surface area contributed by atoms with E-state index in [2.05, 4.69) is 0 Å². The summed E-state index contributed by atoms with van der Waals surface area (Å²) in [5.41, 5.74) is -2.67. The first kappa shape index (κ1) is 18.7. The first-order valence-corrected chi connectivity index (χ1v) is 9.58. The van der Waals surface area contributed by atoms with Crippen LogP contribution in [-0.4, -0.2) is 41.2 Å². The van der Waals surface area contributed by atoms with Gasteiger partial charge in [-0.1, -0.05) is 11.6 Å². The first-order valence-electron chi connectivity index (χ1n) is 9.20. The Morgan fingerprint density at radius 1 is 1.36 bits per heavy atom. The van der Waals surface area contributed by atoms with E-state index >= 15 is 0 Å². The lowest BCUT2D eigenvalue weighted by Gasteiger charge is -2.42. The standard InChI is InChI=1S/C19H19ClF3NO4/c1-8-10(4-3-9(20)12(8)19(21,22)23)24-15(26)13-14-16(24)27-6-5-18(14)7-11(25)17(13,2)28-18/h3-4,11,13-14,16,25H,5-7H2,1-2H3/t11-,13-,14+,16+,17-,18+/m1/s1. The average Bonchev–Trinajstić information content (AvgIpc) is 3.11. The normalized spacial score (nSPS) is 41.7. The predicted molar refractivity (Wildman–Crippen MR) is 92.9 cm³/mol. The molecule has 2 bridgehead atoms. The van der Waals surface area contributed by atoms with Crippen molar-refractivity contribution in [3.63, 3.8) is 0 Å². The number of fused-ring (bicyclic) bond motifs is 2. The SMILES string of the molecule is Cc1c(N2C(=O)[C@H]3[C@H]4[C@@H]2OCC[C@]42C[C@@H](O)[C@@]3(C)O2)ccc(Cl)c1C(F)(F)F. The zero-order chi connectivity index (χ0) is 20.2. The largest absolute Gasteiger partial charge is 0.418 e. The number of hydrogen-bond donors (Lipinski definition) is 1. The van der Waals surface area contributed by atoms with Crippen LogP contribution < -0.4 is 4.90 Å². The van der Waals surface area contributed by atoms with Crippen molar-refractivity contribution in [1.29, 1.82) is 0 Å². The maximum Gasteiger partial charge on any atom is 0.418 e. The minimum atomic E-state index is -4.64. The van der Waals surface area contributed by atoms with Crippen molar-refractivity contribution >= 4 is 23.2 Å². The number of carbonyl (C=O) groups is 1. The molecule has 1 amide bonds. The molecule has 1 aromatic carbocycles. The Kier molecular flexibility index (Phi) is 3.61. The molecule has 4 heterocycles. The highest BCUT2D eigenvalue weighted by molar-refractivity contribution is 6.31. The van der Waals surface area contributed by atoms with Gasteiger partial charge in [-0.25, -0.2) is 0 Å². The summed E-state index contributed by atoms with van der Waals surface area (Å²) < 4.78 is 52.7. The number of anilines is 1. The molecule has 5 rings (SSSR count). The van der Waals surface area contributed by atoms with Crippen molar-refractivity contribution in [2.24, 2.45) is 11.8 Å². The number of nitrogens with zero attached hydrogens (tertiary/aromatic N) is 1. The average molecular weight is 418 g/mol. The molecule has 9 heteroatoms. The molecule has 0 unspecified atom stereocenters. The second-order valence-corrected chi connectivity index (χ2v) is 8.77. The number of alkyl halides is 3. The third-order valence-corrected chi connectivity index (χ3v) is 7.33. The van der Waals surface area contributed by atoms with Crippen LogP contribution in [0.3, 0.4) is 0 Å². The van der Waals surface area contributed by atoms with Crippen LogP contribution in [0.25, 0.3) is 0 Å². The van der Waals surface area contributed by atoms with E-state index in [1.807, 2.05) is 0 Å². The topological polar surface area (TPSA) is 59.0 Å². The fraction of sp³-hybridized carbons (Fsp3) is 0.632. The van der Waals surface area contributed by atoms with Crippen molar-refractivity contribution in [3.05, 3.63) is 28.3 Å². The number of halogens is 4. The van der Waals surface area contributed by atoms with Crippen LogP contribution in [-0.2, 0) is 20.4 Å². The van der Waals surface area contributed by atoms with Gasteiger partial charge in [-0.15, -0.1) is 0 Å². The van der Waals surface area contributed by atoms with Crippen molar-refractivity contribution < 1.29 is 32.5 Å². The summed E-state index contributed by atoms with van der Waals surface area (Å²) in [6.45, 7) is 3.33. The second-order valence-electron chi connectivity index (χ2n) is 8.36. The van der Waals surface area contributed by atoms with E-state index in [9.17, 15) is 23.1 Å². The van der Waals surface area contributed by atoms with Crippen LogP contribution in [0.5, 0.6) is 0 Å². The number of aliphatic hydroxyl groups excluding tert-OH is 1. The molecule has 4 fully saturated rings. The molecule has 4 aliphatic heterocycles. The lowest BCUT2D eigenvalue weighted by atomic mass is 9.65. The van der Waals surface area contributed by atoms with Crippen LogP contribution in [0.2, 0.25) is 5.02 Å². The van der Waals surface area contributed by atoms with Gasteiger partial charge in [0.15, 0.2) is 0 Å². The lowest BCUT2D eigenvalue weighted by molar-refractivity contribution is -0.143. The second kappa shape index (κ2) is 5.41. The number of aliphatic hydroxyl groups is 1. The summed E-state index contributed by atoms with van der Waals surface area (Å²) in [7, 11) is 0. The molecule has 0 aromatic heterocycles. The molecule has 4 aliphatic rings. The van der Waals surface area contributed by atoms with Gasteiger partial charge < -0.3 is 14.6 Å². The van der Waals surface area contributed by atoms with Gasteiger partial charge in [-0.05, 0) is 31.5 Å². The van der Waals surface area contributed by atoms with Gasteiger partial charge in [-0.2, -0.15) is 13.2 Å². The molecule has 1 aromatic rings. The number of carbonyl (C=O) groups excluding carboxylic acids is 1. The van der Waals surface area contributed by atoms with Crippen molar-refractivity contribution in [3.8, 4) is 0 Å². The third kappa shape index (κ3) is 2.07. The molecule has 4 saturated heterocycles. The summed E-state index contributed by atoms with van der Waals surface area (Å²) in [6.07, 6.45) is -5.21. The van der Waals surface area contributed by atoms with Crippen LogP contribution in [0, 0.1) is 18.8 Å². The maximum atomic E-state index is 13.5. The van der Waals surface area contributed by atoms with Crippen molar-refractivity contribution in [2.75, 3.05) is 11.5 Å². The van der Waals surface area contributed by atoms with Gasteiger partial charge in [0.1, 0.15) is 11.8 Å². The van der Waals surface area contributed by atoms with Crippen LogP contribution >= 0.6 is 11.6 Å². The van der Waals surface area contributed by atoms with E-state index in [1.165, 1.54) is 17.9 Å². The van der Waals surface area contributed by atoms with E-state index in [0.717, 1.165) is 6.07 Å². The smallest absolute Gasteiger partial charge is 0.390 e. The molecule has 0 saturated carbocycles. The van der Waals surface area contributed by atoms with Gasteiger partial charge in [0, 0.05) is 24.4 Å². The van der Waals surface area contributed by atoms with Crippen molar-refractivity contribution in [1.82, 2.24) is 0 Å². The van der Waals surface area contributed by atoms with Crippen molar-refractivity contribution in [2.45, 2.75) is 56.4 Å². The molecule has 0 aliphatic carbocycles. The highest BCUT2D eigenvalue weighted by Gasteiger charge is 2.78. The summed E-state index contributed by atoms with van der Waals surface area (Å²) >= 11 is 5.82. The Morgan fingerprint density at radius 2 is 2.07 bits per heavy atom. The number of amides is 1. The monoisotopic (exact) mass is 417 g/mol. The summed E-state index contributed by atoms with van der Waals surface area (Å²) in [5.74, 6) is -1.36. The molecular formula is C19H19ClF3NO4. The van der Waals surface area contributed by atoms with Gasteiger partial charge in [0.05, 0.1) is 34.8 Å². The quantitative estimate of drug-likeness (QED) is 0.762. The van der Waals surface area contributed by atoms with Crippen LogP contribution in [0.15, 0.2) is 12.1 Å². The first-order chi connectivity index (χ1) is 13.0. The minimum Gasteiger partial charge on any atom is -0.390 e. The number of hydrogen-bond acceptors (Lipinski definition) is 4. The van der Waals surface area contributed by atoms with Crippen LogP contribution in [0.4, 0.5) is 18.9 Å². The van der Waals surface area contributed by atoms with Gasteiger partial charge in [0.25, 0.3) is 0 Å². The van der Waals surface area contributed by atoms with Crippen LogP contribution in [0.1, 0.15) is 30.9 Å². The van der Waals surface area contributed by atoms with E-state index < -0.39 is 46.2 Å². The summed E-state index contributed by atoms with van der Waals surface area (Å²) in [5, 5.41) is 10.1. The van der Waals surface area contributed by atoms with Gasteiger partial charge >= 0.3 is 6.18 Å². The molecule has 0 radical (unpaired) electrons. The molecule has 6 atom stereocenters. The predicted octanol–water partition coefficient (Wildman–Crippen LogP) is 3.28. The Bertz CT molecular complexity index is 893. The molecule has 28 heavy (non-hydrogen) atoms. The maximum absolute atomic E-state index is 13.5. The Labute approximate surface area is 164 Å². The Balaban J connectivity index is 1.66. The van der Waals surface area contributed by atoms with Gasteiger partial charge in [-0.3, -0.25) is 9.69 Å². The zero-order valence-corrected chi connectivity index (χ0v) is 16.0. The Morgan fingerprint density at radius 3 is 2.75 bits per heavy atom. The molecular weight excluding hydrogens is 399 g/mol. The molecule has 1 spiro atoms. The lowest BCUT2D eigenvalue weighted by Crippen LogP contribution is -2.53. The number of rotatable bonds is 1. The molecule has 152 valence electrons. The summed E-state index contributed by atoms with van der Waals surface area (Å²) in [4.78, 5) is 14.7. The fourth-order valence-electron chi connectivity index (χ4n) is 5.85. The number of ether oxygens (including phenoxy) is 2. The number of benzene rings is 1. The minimum absolute atomic E-state index is 0.115. The highest BCUT2D eigenvalue weighted by atomic mass is 35.5. The zero-order valence-electron chi connectivity index (χ0n) is 15.2. The van der Waals surface area contributed by atoms with E-state index in [1.54, 1.807) is 6.92 Å². The molecule has 5 nitrogen and oxygen atoms in total.